The van der Waals surface area contributed by atoms with E-state index in [2.05, 4.69) is 34.3 Å². The van der Waals surface area contributed by atoms with Gasteiger partial charge in [0.15, 0.2) is 11.5 Å². The number of aromatic nitrogens is 6. The fourth-order valence-electron chi connectivity index (χ4n) is 5.88. The maximum Gasteiger partial charge on any atom is 0.308 e. The summed E-state index contributed by atoms with van der Waals surface area (Å²) in [5.74, 6) is -0.277. The van der Waals surface area contributed by atoms with Crippen LogP contribution in [-0.2, 0) is 4.79 Å². The van der Waals surface area contributed by atoms with Crippen molar-refractivity contribution in [1.29, 1.82) is 0 Å². The molecule has 0 aromatic carbocycles. The summed E-state index contributed by atoms with van der Waals surface area (Å²) in [4.78, 5) is 25.9. The molecule has 7 rings (SSSR count). The molecule has 3 saturated carbocycles. The molecular weight excluding hydrogens is 437 g/mol. The van der Waals surface area contributed by atoms with Crippen LogP contribution in [0.1, 0.15) is 45.6 Å². The number of carboxylic acids is 1. The fraction of sp³-hybridized carbons (Fsp3) is 0.458. The van der Waals surface area contributed by atoms with Gasteiger partial charge in [-0.25, -0.2) is 19.3 Å². The molecule has 4 aromatic heterocycles. The lowest BCUT2D eigenvalue weighted by atomic mass is 9.61. The van der Waals surface area contributed by atoms with Crippen LogP contribution in [0.25, 0.3) is 33.6 Å². The standard InChI is InChI=1S/C24H26FN7O2/c1-11(2)32-8-7-15-21(27-18-13-5-3-12(4-6-13)17(18)24(33)34)28-22(29-23(15)32)19-16-9-14(25)10-26-20(16)31-30-19/h7-13,17-18H,3-6H2,1-2H3,(H,33,34)(H,26,30,31)(H,27,28,29)/t12?,13?,17-,18+/m0/s1. The van der Waals surface area contributed by atoms with Gasteiger partial charge in [-0.05, 0) is 63.5 Å². The number of nitrogens with zero attached hydrogens (tertiary/aromatic N) is 5. The lowest BCUT2D eigenvalue weighted by molar-refractivity contribution is -0.148. The van der Waals surface area contributed by atoms with Gasteiger partial charge in [-0.1, -0.05) is 0 Å². The molecule has 0 spiro atoms. The van der Waals surface area contributed by atoms with Gasteiger partial charge in [-0.2, -0.15) is 5.10 Å². The van der Waals surface area contributed by atoms with Crippen molar-refractivity contribution < 1.29 is 14.3 Å². The van der Waals surface area contributed by atoms with E-state index in [0.717, 1.165) is 42.9 Å². The van der Waals surface area contributed by atoms with Crippen LogP contribution in [0.15, 0.2) is 24.5 Å². The lowest BCUT2D eigenvalue weighted by Crippen LogP contribution is -2.51. The maximum atomic E-state index is 14.0. The first-order chi connectivity index (χ1) is 16.4. The third kappa shape index (κ3) is 3.23. The Balaban J connectivity index is 1.51. The second kappa shape index (κ2) is 7.75. The normalized spacial score (nSPS) is 24.4. The molecule has 0 aliphatic heterocycles. The second-order valence-corrected chi connectivity index (χ2v) is 9.78. The van der Waals surface area contributed by atoms with Crippen LogP contribution in [0.3, 0.4) is 0 Å². The van der Waals surface area contributed by atoms with Crippen molar-refractivity contribution in [2.45, 2.75) is 51.6 Å². The molecule has 34 heavy (non-hydrogen) atoms. The summed E-state index contributed by atoms with van der Waals surface area (Å²) in [6.07, 6.45) is 7.07. The molecule has 10 heteroatoms. The lowest BCUT2D eigenvalue weighted by Gasteiger charge is -2.47. The average molecular weight is 464 g/mol. The van der Waals surface area contributed by atoms with Crippen LogP contribution in [0, 0.1) is 23.6 Å². The summed E-state index contributed by atoms with van der Waals surface area (Å²) in [7, 11) is 0. The maximum absolute atomic E-state index is 14.0. The summed E-state index contributed by atoms with van der Waals surface area (Å²) in [5, 5.41) is 22.0. The van der Waals surface area contributed by atoms with Gasteiger partial charge in [-0.3, -0.25) is 9.89 Å². The van der Waals surface area contributed by atoms with Crippen LogP contribution in [0.4, 0.5) is 10.2 Å². The van der Waals surface area contributed by atoms with Gasteiger partial charge in [0.25, 0.3) is 0 Å². The average Bonchev–Trinajstić information content (AvgIpc) is 3.43. The van der Waals surface area contributed by atoms with E-state index in [1.807, 2.05) is 16.8 Å². The first-order valence-corrected chi connectivity index (χ1v) is 11.8. The highest BCUT2D eigenvalue weighted by Gasteiger charge is 2.47. The number of nitrogens with one attached hydrogen (secondary N) is 2. The van der Waals surface area contributed by atoms with E-state index in [9.17, 15) is 14.3 Å². The van der Waals surface area contributed by atoms with E-state index in [0.29, 0.717) is 28.4 Å². The Morgan fingerprint density at radius 2 is 1.97 bits per heavy atom. The third-order valence-corrected chi connectivity index (χ3v) is 7.53. The van der Waals surface area contributed by atoms with E-state index in [1.54, 1.807) is 0 Å². The molecule has 0 amide bonds. The second-order valence-electron chi connectivity index (χ2n) is 9.78. The zero-order valence-corrected chi connectivity index (χ0v) is 19.0. The molecule has 0 radical (unpaired) electrons. The topological polar surface area (TPSA) is 122 Å². The Bertz CT molecular complexity index is 1400. The Morgan fingerprint density at radius 1 is 1.21 bits per heavy atom. The Morgan fingerprint density at radius 3 is 2.71 bits per heavy atom. The molecule has 0 saturated heterocycles. The van der Waals surface area contributed by atoms with Crippen LogP contribution >= 0.6 is 0 Å². The summed E-state index contributed by atoms with van der Waals surface area (Å²) >= 11 is 0. The van der Waals surface area contributed by atoms with Crippen molar-refractivity contribution in [3.63, 3.8) is 0 Å². The quantitative estimate of drug-likeness (QED) is 0.401. The minimum atomic E-state index is -0.753. The number of carbonyl (C=O) groups is 1. The van der Waals surface area contributed by atoms with E-state index >= 15 is 0 Å². The molecule has 9 nitrogen and oxygen atoms in total. The molecular formula is C24H26FN7O2. The highest BCUT2D eigenvalue weighted by molar-refractivity contribution is 5.93. The van der Waals surface area contributed by atoms with E-state index < -0.39 is 17.7 Å². The minimum absolute atomic E-state index is 0.153. The van der Waals surface area contributed by atoms with Crippen molar-refractivity contribution in [1.82, 2.24) is 29.7 Å². The smallest absolute Gasteiger partial charge is 0.308 e. The number of carboxylic acid groups (broad SMARTS) is 1. The molecule has 3 N–H and O–H groups in total. The summed E-state index contributed by atoms with van der Waals surface area (Å²) in [6, 6.07) is 3.28. The van der Waals surface area contributed by atoms with Gasteiger partial charge in [0.1, 0.15) is 23.0 Å². The number of rotatable bonds is 5. The third-order valence-electron chi connectivity index (χ3n) is 7.53. The summed E-state index contributed by atoms with van der Waals surface area (Å²) < 4.78 is 16.0. The molecule has 2 atom stereocenters. The van der Waals surface area contributed by atoms with Gasteiger partial charge < -0.3 is 15.0 Å². The number of H-pyrrole nitrogens is 1. The number of aliphatic carboxylic acids is 1. The van der Waals surface area contributed by atoms with Gasteiger partial charge >= 0.3 is 5.97 Å². The van der Waals surface area contributed by atoms with Gasteiger partial charge in [0, 0.05) is 18.3 Å². The monoisotopic (exact) mass is 463 g/mol. The van der Waals surface area contributed by atoms with Crippen LogP contribution in [-0.4, -0.2) is 46.8 Å². The molecule has 3 aliphatic rings. The Labute approximate surface area is 194 Å². The van der Waals surface area contributed by atoms with Crippen molar-refractivity contribution in [3.05, 3.63) is 30.3 Å². The molecule has 0 unspecified atom stereocenters. The summed E-state index contributed by atoms with van der Waals surface area (Å²) in [6.45, 7) is 4.14. The van der Waals surface area contributed by atoms with E-state index in [4.69, 9.17) is 9.97 Å². The van der Waals surface area contributed by atoms with E-state index in [1.165, 1.54) is 6.07 Å². The number of pyridine rings is 1. The number of hydrogen-bond donors (Lipinski definition) is 3. The summed E-state index contributed by atoms with van der Waals surface area (Å²) in [5.41, 5.74) is 1.57. The van der Waals surface area contributed by atoms with Crippen LogP contribution < -0.4 is 5.32 Å². The van der Waals surface area contributed by atoms with Crippen LogP contribution in [0.2, 0.25) is 0 Å². The molecule has 176 valence electrons. The Hall–Kier alpha value is -3.56. The van der Waals surface area contributed by atoms with Gasteiger partial charge in [0.05, 0.1) is 22.9 Å². The highest BCUT2D eigenvalue weighted by Crippen LogP contribution is 2.46. The number of hydrogen-bond acceptors (Lipinski definition) is 6. The fourth-order valence-corrected chi connectivity index (χ4v) is 5.88. The number of aromatic amines is 1. The zero-order valence-electron chi connectivity index (χ0n) is 19.0. The van der Waals surface area contributed by atoms with Crippen molar-refractivity contribution in [2.75, 3.05) is 5.32 Å². The van der Waals surface area contributed by atoms with Gasteiger partial charge in [-0.15, -0.1) is 0 Å². The van der Waals surface area contributed by atoms with Crippen molar-refractivity contribution in [2.24, 2.45) is 17.8 Å². The first kappa shape index (κ1) is 21.0. The van der Waals surface area contributed by atoms with Gasteiger partial charge in [0.2, 0.25) is 0 Å². The number of anilines is 1. The highest BCUT2D eigenvalue weighted by atomic mass is 19.1. The SMILES string of the molecule is CC(C)n1ccc2c(N[C@@H]3C4CCC(CC4)[C@@H]3C(=O)O)nc(-c3n[nH]c4ncc(F)cc34)nc21. The van der Waals surface area contributed by atoms with E-state index in [-0.39, 0.29) is 23.9 Å². The first-order valence-electron chi connectivity index (χ1n) is 11.8. The minimum Gasteiger partial charge on any atom is -0.481 e. The van der Waals surface area contributed by atoms with Crippen molar-refractivity contribution >= 4 is 33.9 Å². The molecule has 4 aromatic rings. The largest absolute Gasteiger partial charge is 0.481 e. The molecule has 2 bridgehead atoms. The number of fused-ring (bicyclic) bond motifs is 5. The predicted octanol–water partition coefficient (Wildman–Crippen LogP) is 4.39. The van der Waals surface area contributed by atoms with Crippen LogP contribution in [0.5, 0.6) is 0 Å². The molecule has 4 heterocycles. The zero-order chi connectivity index (χ0) is 23.6. The predicted molar refractivity (Wildman–Crippen MR) is 125 cm³/mol. The molecule has 3 fully saturated rings. The molecule has 3 aliphatic carbocycles. The Kier molecular flexibility index (Phi) is 4.79. The van der Waals surface area contributed by atoms with Crippen molar-refractivity contribution in [3.8, 4) is 11.5 Å². The number of halogens is 1.